The summed E-state index contributed by atoms with van der Waals surface area (Å²) < 4.78 is 5.41. The number of para-hydroxylation sites is 1. The van der Waals surface area contributed by atoms with Crippen LogP contribution in [0.2, 0.25) is 0 Å². The molecular weight excluding hydrogens is 215 g/mol. The molecule has 0 saturated carbocycles. The fourth-order valence-electron chi connectivity index (χ4n) is 1.80. The predicted molar refractivity (Wildman–Crippen MR) is 72.9 cm³/mol. The highest BCUT2D eigenvalue weighted by Crippen LogP contribution is 2.32. The van der Waals surface area contributed by atoms with Crippen LogP contribution in [0.1, 0.15) is 0 Å². The molecule has 1 unspecified atom stereocenters. The van der Waals surface area contributed by atoms with Gasteiger partial charge in [0.1, 0.15) is 5.30 Å². The highest BCUT2D eigenvalue weighted by Gasteiger charge is 2.19. The second-order valence-electron chi connectivity index (χ2n) is 3.69. The van der Waals surface area contributed by atoms with Crippen LogP contribution in [0.25, 0.3) is 0 Å². The third-order valence-electron chi connectivity index (χ3n) is 2.72. The van der Waals surface area contributed by atoms with Crippen LogP contribution >= 0.6 is 7.92 Å². The first-order valence-electron chi connectivity index (χ1n) is 5.35. The van der Waals surface area contributed by atoms with Crippen LogP contribution in [-0.2, 0) is 0 Å². The highest BCUT2D eigenvalue weighted by atomic mass is 31.1. The van der Waals surface area contributed by atoms with Gasteiger partial charge in [-0.2, -0.15) is 0 Å². The summed E-state index contributed by atoms with van der Waals surface area (Å²) in [5.41, 5.74) is 0. The molecule has 0 aliphatic heterocycles. The highest BCUT2D eigenvalue weighted by molar-refractivity contribution is 7.72. The Morgan fingerprint density at radius 2 is 1.50 bits per heavy atom. The molecule has 0 saturated heterocycles. The number of benzene rings is 2. The van der Waals surface area contributed by atoms with Gasteiger partial charge < -0.3 is 4.74 Å². The van der Waals surface area contributed by atoms with Crippen molar-refractivity contribution in [3.05, 3.63) is 54.6 Å². The fourth-order valence-corrected chi connectivity index (χ4v) is 3.70. The fraction of sp³-hybridized carbons (Fsp3) is 0.143. The molecule has 1 nitrogen and oxygen atoms in total. The lowest BCUT2D eigenvalue weighted by Crippen LogP contribution is -2.12. The minimum atomic E-state index is -0.712. The Bertz CT molecular complexity index is 453. The third-order valence-corrected chi connectivity index (χ3v) is 5.14. The Kier molecular flexibility index (Phi) is 3.58. The van der Waals surface area contributed by atoms with Crippen molar-refractivity contribution < 1.29 is 4.74 Å². The molecule has 2 heteroatoms. The van der Waals surface area contributed by atoms with E-state index in [4.69, 9.17) is 4.74 Å². The van der Waals surface area contributed by atoms with E-state index in [1.54, 1.807) is 7.11 Å². The summed E-state index contributed by atoms with van der Waals surface area (Å²) in [5.74, 6) is 1.00. The topological polar surface area (TPSA) is 9.23 Å². The first-order valence-corrected chi connectivity index (χ1v) is 7.35. The molecule has 0 aromatic heterocycles. The summed E-state index contributed by atoms with van der Waals surface area (Å²) in [5, 5.41) is 2.75. The summed E-state index contributed by atoms with van der Waals surface area (Å²) in [7, 11) is 1.02. The number of ether oxygens (including phenoxy) is 1. The molecule has 0 fully saturated rings. The molecule has 0 spiro atoms. The van der Waals surface area contributed by atoms with Crippen molar-refractivity contribution in [2.75, 3.05) is 13.8 Å². The van der Waals surface area contributed by atoms with Crippen LogP contribution in [0.5, 0.6) is 5.75 Å². The molecule has 16 heavy (non-hydrogen) atoms. The monoisotopic (exact) mass is 231 g/mol. The van der Waals surface area contributed by atoms with Gasteiger partial charge in [-0.3, -0.25) is 0 Å². The Hall–Kier alpha value is -1.33. The lowest BCUT2D eigenvalue weighted by Gasteiger charge is -2.08. The largest absolute Gasteiger partial charge is 0.493 e. The Morgan fingerprint density at radius 1 is 0.875 bits per heavy atom. The van der Waals surface area contributed by atoms with E-state index in [0.29, 0.717) is 0 Å². The summed E-state index contributed by atoms with van der Waals surface area (Å²) in [6.07, 6.45) is 0. The summed E-state index contributed by atoms with van der Waals surface area (Å²) >= 11 is 0. The number of rotatable bonds is 3. The second kappa shape index (κ2) is 5.14. The van der Waals surface area contributed by atoms with E-state index in [0.717, 1.165) is 5.75 Å². The van der Waals surface area contributed by atoms with E-state index < -0.39 is 7.92 Å². The van der Waals surface area contributed by atoms with E-state index in [-0.39, 0.29) is 0 Å². The molecule has 0 amide bonds. The molecule has 0 heterocycles. The Labute approximate surface area is 97.8 Å². The zero-order valence-corrected chi connectivity index (χ0v) is 10.6. The lowest BCUT2D eigenvalue weighted by atomic mass is 10.3. The Morgan fingerprint density at radius 3 is 2.19 bits per heavy atom. The van der Waals surface area contributed by atoms with Crippen LogP contribution < -0.4 is 15.3 Å². The standard InChI is InChI=1S/C14H15OP/c1-15-13-10-6-7-11-14(13)16(2)12-8-4-3-5-9-12/h3-11H,1-2H3/p+1. The smallest absolute Gasteiger partial charge is 0.161 e. The van der Waals surface area contributed by atoms with Crippen molar-refractivity contribution >= 4 is 18.5 Å². The lowest BCUT2D eigenvalue weighted by molar-refractivity contribution is 0.418. The molecule has 82 valence electrons. The average Bonchev–Trinajstić information content (AvgIpc) is 2.39. The Balaban J connectivity index is 2.37. The zero-order chi connectivity index (χ0) is 11.4. The quantitative estimate of drug-likeness (QED) is 0.737. The minimum Gasteiger partial charge on any atom is -0.493 e. The molecule has 0 bridgehead atoms. The van der Waals surface area contributed by atoms with Crippen molar-refractivity contribution in [1.29, 1.82) is 0 Å². The van der Waals surface area contributed by atoms with E-state index in [9.17, 15) is 0 Å². The molecular formula is C14H16OP+. The van der Waals surface area contributed by atoms with Gasteiger partial charge in [-0.15, -0.1) is 0 Å². The molecule has 2 aromatic carbocycles. The van der Waals surface area contributed by atoms with Gasteiger partial charge in [0.05, 0.1) is 27.0 Å². The molecule has 0 aliphatic carbocycles. The van der Waals surface area contributed by atoms with Crippen molar-refractivity contribution in [1.82, 2.24) is 0 Å². The zero-order valence-electron chi connectivity index (χ0n) is 9.60. The number of methoxy groups -OCH3 is 1. The molecule has 0 radical (unpaired) electrons. The molecule has 2 aromatic rings. The first kappa shape index (κ1) is 11.2. The van der Waals surface area contributed by atoms with Crippen molar-refractivity contribution in [3.8, 4) is 5.75 Å². The van der Waals surface area contributed by atoms with Gasteiger partial charge in [0.2, 0.25) is 0 Å². The van der Waals surface area contributed by atoms with Gasteiger partial charge in [-0.05, 0) is 24.3 Å². The number of hydrogen-bond donors (Lipinski definition) is 0. The van der Waals surface area contributed by atoms with E-state index in [1.165, 1.54) is 10.6 Å². The normalized spacial score (nSPS) is 12.1. The maximum atomic E-state index is 5.41. The minimum absolute atomic E-state index is 0.712. The van der Waals surface area contributed by atoms with Gasteiger partial charge in [0, 0.05) is 0 Å². The van der Waals surface area contributed by atoms with E-state index in [1.807, 2.05) is 12.1 Å². The van der Waals surface area contributed by atoms with Gasteiger partial charge in [0.15, 0.2) is 5.75 Å². The first-order chi connectivity index (χ1) is 7.83. The van der Waals surface area contributed by atoms with Crippen LogP contribution in [0.3, 0.4) is 0 Å². The summed E-state index contributed by atoms with van der Waals surface area (Å²) in [6.45, 7) is 2.30. The van der Waals surface area contributed by atoms with Gasteiger partial charge >= 0.3 is 0 Å². The third kappa shape index (κ3) is 2.25. The number of hydrogen-bond acceptors (Lipinski definition) is 1. The van der Waals surface area contributed by atoms with Crippen LogP contribution in [0.15, 0.2) is 54.6 Å². The molecule has 2 rings (SSSR count). The van der Waals surface area contributed by atoms with E-state index in [2.05, 4.69) is 49.1 Å². The van der Waals surface area contributed by atoms with Crippen LogP contribution in [0.4, 0.5) is 0 Å². The van der Waals surface area contributed by atoms with Gasteiger partial charge in [-0.1, -0.05) is 30.3 Å². The molecule has 1 atom stereocenters. The average molecular weight is 231 g/mol. The van der Waals surface area contributed by atoms with Crippen LogP contribution in [0, 0.1) is 0 Å². The second-order valence-corrected chi connectivity index (χ2v) is 6.06. The predicted octanol–water partition coefficient (Wildman–Crippen LogP) is 2.49. The summed E-state index contributed by atoms with van der Waals surface area (Å²) in [4.78, 5) is 0. The van der Waals surface area contributed by atoms with Gasteiger partial charge in [-0.25, -0.2) is 0 Å². The van der Waals surface area contributed by atoms with Gasteiger partial charge in [0.25, 0.3) is 0 Å². The summed E-state index contributed by atoms with van der Waals surface area (Å²) in [6, 6.07) is 18.9. The van der Waals surface area contributed by atoms with E-state index >= 15 is 0 Å². The van der Waals surface area contributed by atoms with Crippen molar-refractivity contribution in [3.63, 3.8) is 0 Å². The molecule has 0 N–H and O–H groups in total. The maximum absolute atomic E-state index is 5.41. The molecule has 0 aliphatic rings. The SMILES string of the molecule is COc1ccccc1[PH+](C)c1ccccc1. The van der Waals surface area contributed by atoms with Crippen molar-refractivity contribution in [2.45, 2.75) is 0 Å². The van der Waals surface area contributed by atoms with Crippen LogP contribution in [-0.4, -0.2) is 13.8 Å². The van der Waals surface area contributed by atoms with Crippen molar-refractivity contribution in [2.24, 2.45) is 0 Å². The maximum Gasteiger partial charge on any atom is 0.161 e.